The van der Waals surface area contributed by atoms with Crippen LogP contribution in [0, 0.1) is 0 Å². The molecule has 0 unspecified atom stereocenters. The second-order valence-corrected chi connectivity index (χ2v) is 5.50. The molecule has 0 aliphatic heterocycles. The van der Waals surface area contributed by atoms with Gasteiger partial charge in [-0.2, -0.15) is 0 Å². The summed E-state index contributed by atoms with van der Waals surface area (Å²) in [5, 5.41) is 10.3. The molecule has 2 rings (SSSR count). The number of methoxy groups -OCH3 is 1. The molecule has 0 aliphatic rings. The van der Waals surface area contributed by atoms with E-state index in [9.17, 15) is 0 Å². The van der Waals surface area contributed by atoms with Crippen molar-refractivity contribution in [1.29, 1.82) is 0 Å². The van der Waals surface area contributed by atoms with Crippen molar-refractivity contribution in [3.05, 3.63) is 39.9 Å². The van der Waals surface area contributed by atoms with E-state index in [-0.39, 0.29) is 6.61 Å². The number of anilines is 1. The van der Waals surface area contributed by atoms with E-state index in [4.69, 9.17) is 21.4 Å². The number of nitrogens with zero attached hydrogens (tertiary/aromatic N) is 2. The number of aliphatic hydroxyl groups excluding tert-OH is 1. The van der Waals surface area contributed by atoms with E-state index in [1.807, 2.05) is 36.2 Å². The van der Waals surface area contributed by atoms with Crippen molar-refractivity contribution in [3.63, 3.8) is 0 Å². The van der Waals surface area contributed by atoms with E-state index in [1.54, 1.807) is 7.11 Å². The Kier molecular flexibility index (Phi) is 4.63. The van der Waals surface area contributed by atoms with E-state index < -0.39 is 0 Å². The van der Waals surface area contributed by atoms with E-state index in [0.717, 1.165) is 16.4 Å². The molecule has 0 aliphatic carbocycles. The van der Waals surface area contributed by atoms with Crippen LogP contribution in [-0.2, 0) is 13.2 Å². The number of aromatic nitrogens is 1. The number of rotatable bonds is 5. The molecule has 0 amide bonds. The van der Waals surface area contributed by atoms with Crippen LogP contribution in [0.4, 0.5) is 5.13 Å². The van der Waals surface area contributed by atoms with Crippen LogP contribution >= 0.6 is 22.9 Å². The van der Waals surface area contributed by atoms with Gasteiger partial charge in [0.1, 0.15) is 10.9 Å². The Balaban J connectivity index is 2.13. The molecule has 0 bridgehead atoms. The summed E-state index contributed by atoms with van der Waals surface area (Å²) in [6.45, 7) is 0.620. The zero-order valence-electron chi connectivity index (χ0n) is 10.8. The highest BCUT2D eigenvalue weighted by Crippen LogP contribution is 2.29. The Labute approximate surface area is 121 Å². The van der Waals surface area contributed by atoms with Gasteiger partial charge in [0.15, 0.2) is 5.13 Å². The Bertz CT molecular complexity index is 559. The molecule has 0 saturated heterocycles. The third-order valence-electron chi connectivity index (χ3n) is 2.66. The number of hydrogen-bond donors (Lipinski definition) is 1. The van der Waals surface area contributed by atoms with Crippen LogP contribution in [0.25, 0.3) is 0 Å². The number of aliphatic hydroxyl groups is 1. The monoisotopic (exact) mass is 298 g/mol. The minimum atomic E-state index is -0.0799. The molecule has 6 heteroatoms. The Hall–Kier alpha value is -1.30. The summed E-state index contributed by atoms with van der Waals surface area (Å²) in [4.78, 5) is 6.92. The number of hydrogen-bond acceptors (Lipinski definition) is 5. The van der Waals surface area contributed by atoms with Crippen LogP contribution < -0.4 is 9.64 Å². The van der Waals surface area contributed by atoms with Gasteiger partial charge in [0, 0.05) is 13.6 Å². The maximum Gasteiger partial charge on any atom is 0.187 e. The first kappa shape index (κ1) is 14.1. The molecule has 4 nitrogen and oxygen atoms in total. The first-order valence-electron chi connectivity index (χ1n) is 5.74. The molecule has 1 N–H and O–H groups in total. The molecule has 2 aromatic rings. The number of ether oxygens (including phenoxy) is 1. The minimum absolute atomic E-state index is 0.0799. The lowest BCUT2D eigenvalue weighted by Crippen LogP contribution is -2.15. The zero-order chi connectivity index (χ0) is 13.8. The lowest BCUT2D eigenvalue weighted by Gasteiger charge is -2.16. The van der Waals surface area contributed by atoms with Crippen LogP contribution in [0.1, 0.15) is 10.4 Å². The predicted molar refractivity (Wildman–Crippen MR) is 78.1 cm³/mol. The van der Waals surface area contributed by atoms with Crippen molar-refractivity contribution < 1.29 is 9.84 Å². The second-order valence-electron chi connectivity index (χ2n) is 4.08. The maximum atomic E-state index is 9.12. The van der Waals surface area contributed by atoms with E-state index >= 15 is 0 Å². The fourth-order valence-corrected chi connectivity index (χ4v) is 2.77. The standard InChI is InChI=1S/C13H15ClN2O2S/c1-16(13-15-12(14)11(8-17)19-13)7-9-4-3-5-10(6-9)18-2/h3-6,17H,7-8H2,1-2H3. The molecule has 102 valence electrons. The number of benzene rings is 1. The first-order chi connectivity index (χ1) is 9.13. The molecule has 0 spiro atoms. The molecule has 0 fully saturated rings. The quantitative estimate of drug-likeness (QED) is 0.922. The van der Waals surface area contributed by atoms with Gasteiger partial charge < -0.3 is 14.7 Å². The number of halogens is 1. The van der Waals surface area contributed by atoms with Crippen molar-refractivity contribution >= 4 is 28.1 Å². The van der Waals surface area contributed by atoms with E-state index in [1.165, 1.54) is 11.3 Å². The van der Waals surface area contributed by atoms with E-state index in [2.05, 4.69) is 4.98 Å². The van der Waals surface area contributed by atoms with Crippen molar-refractivity contribution in [2.45, 2.75) is 13.2 Å². The summed E-state index contributed by atoms with van der Waals surface area (Å²) in [7, 11) is 3.59. The van der Waals surface area contributed by atoms with Gasteiger partial charge in [-0.3, -0.25) is 0 Å². The summed E-state index contributed by atoms with van der Waals surface area (Å²) in [6, 6.07) is 7.88. The average Bonchev–Trinajstić information content (AvgIpc) is 2.80. The first-order valence-corrected chi connectivity index (χ1v) is 6.93. The Morgan fingerprint density at radius 3 is 2.89 bits per heavy atom. The molecule has 1 aromatic carbocycles. The van der Waals surface area contributed by atoms with Gasteiger partial charge in [-0.05, 0) is 17.7 Å². The van der Waals surface area contributed by atoms with Crippen molar-refractivity contribution in [2.24, 2.45) is 0 Å². The summed E-state index contributed by atoms with van der Waals surface area (Å²) < 4.78 is 5.20. The predicted octanol–water partition coefficient (Wildman–Crippen LogP) is 2.93. The van der Waals surface area contributed by atoms with Crippen LogP contribution in [-0.4, -0.2) is 24.2 Å². The summed E-state index contributed by atoms with van der Waals surface area (Å²) in [5.41, 5.74) is 1.12. The molecular formula is C13H15ClN2O2S. The highest BCUT2D eigenvalue weighted by atomic mass is 35.5. The topological polar surface area (TPSA) is 45.6 Å². The number of thiazole rings is 1. The van der Waals surface area contributed by atoms with Crippen molar-refractivity contribution in [3.8, 4) is 5.75 Å². The summed E-state index contributed by atoms with van der Waals surface area (Å²) in [5.74, 6) is 0.833. The van der Waals surface area contributed by atoms with Gasteiger partial charge >= 0.3 is 0 Å². The molecule has 19 heavy (non-hydrogen) atoms. The van der Waals surface area contributed by atoms with Crippen molar-refractivity contribution in [2.75, 3.05) is 19.1 Å². The molecule has 1 aromatic heterocycles. The van der Waals surface area contributed by atoms with Crippen LogP contribution in [0.15, 0.2) is 24.3 Å². The summed E-state index contributed by atoms with van der Waals surface area (Å²) >= 11 is 7.33. The van der Waals surface area contributed by atoms with E-state index in [0.29, 0.717) is 16.6 Å². The molecule has 0 radical (unpaired) electrons. The van der Waals surface area contributed by atoms with Crippen LogP contribution in [0.5, 0.6) is 5.75 Å². The lowest BCUT2D eigenvalue weighted by atomic mass is 10.2. The third-order valence-corrected chi connectivity index (χ3v) is 4.24. The second kappa shape index (κ2) is 6.23. The largest absolute Gasteiger partial charge is 0.497 e. The zero-order valence-corrected chi connectivity index (χ0v) is 12.3. The van der Waals surface area contributed by atoms with Gasteiger partial charge in [-0.25, -0.2) is 4.98 Å². The van der Waals surface area contributed by atoms with Crippen LogP contribution in [0.2, 0.25) is 5.15 Å². The minimum Gasteiger partial charge on any atom is -0.497 e. The molecule has 0 saturated carbocycles. The highest BCUT2D eigenvalue weighted by molar-refractivity contribution is 7.16. The Morgan fingerprint density at radius 1 is 1.47 bits per heavy atom. The smallest absolute Gasteiger partial charge is 0.187 e. The third kappa shape index (κ3) is 3.37. The molecule has 0 atom stereocenters. The van der Waals surface area contributed by atoms with Crippen molar-refractivity contribution in [1.82, 2.24) is 4.98 Å². The average molecular weight is 299 g/mol. The molecular weight excluding hydrogens is 284 g/mol. The van der Waals surface area contributed by atoms with Gasteiger partial charge in [-0.15, -0.1) is 0 Å². The van der Waals surface area contributed by atoms with Crippen LogP contribution in [0.3, 0.4) is 0 Å². The fourth-order valence-electron chi connectivity index (χ4n) is 1.69. The maximum absolute atomic E-state index is 9.12. The SMILES string of the molecule is COc1cccc(CN(C)c2nc(Cl)c(CO)s2)c1. The Morgan fingerprint density at radius 2 is 2.26 bits per heavy atom. The lowest BCUT2D eigenvalue weighted by molar-refractivity contribution is 0.285. The normalized spacial score (nSPS) is 10.5. The van der Waals surface area contributed by atoms with Gasteiger partial charge in [-0.1, -0.05) is 35.1 Å². The molecule has 1 heterocycles. The van der Waals surface area contributed by atoms with Gasteiger partial charge in [0.25, 0.3) is 0 Å². The van der Waals surface area contributed by atoms with Gasteiger partial charge in [0.2, 0.25) is 0 Å². The summed E-state index contributed by atoms with van der Waals surface area (Å²) in [6.07, 6.45) is 0. The highest BCUT2D eigenvalue weighted by Gasteiger charge is 2.12. The fraction of sp³-hybridized carbons (Fsp3) is 0.308. The van der Waals surface area contributed by atoms with Gasteiger partial charge in [0.05, 0.1) is 18.6 Å².